The number of likely N-dealkylation sites (tertiary alicyclic amines) is 1. The Morgan fingerprint density at radius 3 is 3.00 bits per heavy atom. The van der Waals surface area contributed by atoms with Crippen LogP contribution in [-0.4, -0.2) is 36.2 Å². The first-order valence-electron chi connectivity index (χ1n) is 6.54. The number of nitrogens with one attached hydrogen (secondary N) is 1. The largest absolute Gasteiger partial charge is 0.322 e. The minimum absolute atomic E-state index is 0.110. The minimum atomic E-state index is -0.488. The maximum Gasteiger partial charge on any atom is 0.238 e. The predicted octanol–water partition coefficient (Wildman–Crippen LogP) is 2.58. The van der Waals surface area contributed by atoms with Crippen LogP contribution in [0.15, 0.2) is 22.7 Å². The Morgan fingerprint density at radius 2 is 2.30 bits per heavy atom. The van der Waals surface area contributed by atoms with E-state index in [1.807, 2.05) is 4.90 Å². The maximum atomic E-state index is 13.6. The fourth-order valence-corrected chi connectivity index (χ4v) is 2.67. The van der Waals surface area contributed by atoms with Crippen LogP contribution in [0.2, 0.25) is 0 Å². The van der Waals surface area contributed by atoms with Gasteiger partial charge < -0.3 is 10.1 Å². The van der Waals surface area contributed by atoms with Crippen molar-refractivity contribution in [2.24, 2.45) is 0 Å². The van der Waals surface area contributed by atoms with Crippen molar-refractivity contribution in [3.63, 3.8) is 0 Å². The summed E-state index contributed by atoms with van der Waals surface area (Å²) >= 11 is 3.16. The zero-order chi connectivity index (χ0) is 14.5. The van der Waals surface area contributed by atoms with Crippen molar-refractivity contribution >= 4 is 33.8 Å². The summed E-state index contributed by atoms with van der Waals surface area (Å²) in [4.78, 5) is 24.7. The molecule has 1 unspecified atom stereocenters. The summed E-state index contributed by atoms with van der Waals surface area (Å²) in [5, 5.41) is 2.54. The van der Waals surface area contributed by atoms with Crippen LogP contribution in [-0.2, 0) is 9.59 Å². The van der Waals surface area contributed by atoms with Crippen LogP contribution < -0.4 is 5.32 Å². The number of piperidine rings is 1. The number of aldehydes is 1. The monoisotopic (exact) mass is 342 g/mol. The predicted molar refractivity (Wildman–Crippen MR) is 78.0 cm³/mol. The third kappa shape index (κ3) is 3.86. The van der Waals surface area contributed by atoms with E-state index in [4.69, 9.17) is 0 Å². The summed E-state index contributed by atoms with van der Waals surface area (Å²) in [5.74, 6) is -0.793. The molecule has 0 saturated carbocycles. The molecule has 0 bridgehead atoms. The highest BCUT2D eigenvalue weighted by molar-refractivity contribution is 9.10. The average molecular weight is 343 g/mol. The molecule has 1 amide bonds. The minimum Gasteiger partial charge on any atom is -0.322 e. The summed E-state index contributed by atoms with van der Waals surface area (Å²) in [6.07, 6.45) is 3.64. The smallest absolute Gasteiger partial charge is 0.238 e. The second-order valence-corrected chi connectivity index (χ2v) is 5.76. The first-order valence-corrected chi connectivity index (χ1v) is 7.33. The van der Waals surface area contributed by atoms with Gasteiger partial charge in [0.1, 0.15) is 12.1 Å². The first kappa shape index (κ1) is 15.1. The van der Waals surface area contributed by atoms with Gasteiger partial charge in [0.15, 0.2) is 0 Å². The topological polar surface area (TPSA) is 49.4 Å². The van der Waals surface area contributed by atoms with Gasteiger partial charge >= 0.3 is 0 Å². The fourth-order valence-electron chi connectivity index (χ4n) is 2.33. The molecule has 108 valence electrons. The second-order valence-electron chi connectivity index (χ2n) is 4.84. The van der Waals surface area contributed by atoms with Crippen LogP contribution in [0.3, 0.4) is 0 Å². The van der Waals surface area contributed by atoms with Gasteiger partial charge in [-0.15, -0.1) is 0 Å². The summed E-state index contributed by atoms with van der Waals surface area (Å²) in [6, 6.07) is 4.26. The molecule has 1 aromatic rings. The van der Waals surface area contributed by atoms with Crippen LogP contribution >= 0.6 is 15.9 Å². The average Bonchev–Trinajstić information content (AvgIpc) is 2.42. The van der Waals surface area contributed by atoms with Crippen molar-refractivity contribution in [1.82, 2.24) is 4.90 Å². The van der Waals surface area contributed by atoms with Gasteiger partial charge in [0.2, 0.25) is 5.91 Å². The van der Waals surface area contributed by atoms with Gasteiger partial charge in [0.25, 0.3) is 0 Å². The Morgan fingerprint density at radius 1 is 1.50 bits per heavy atom. The second kappa shape index (κ2) is 6.95. The van der Waals surface area contributed by atoms with E-state index in [1.165, 1.54) is 12.1 Å². The highest BCUT2D eigenvalue weighted by Crippen LogP contribution is 2.20. The molecule has 1 heterocycles. The Kier molecular flexibility index (Phi) is 5.25. The number of hydrogen-bond acceptors (Lipinski definition) is 3. The van der Waals surface area contributed by atoms with E-state index in [0.717, 1.165) is 32.1 Å². The molecule has 1 N–H and O–H groups in total. The Hall–Kier alpha value is -1.27. The molecule has 0 spiro atoms. The normalized spacial score (nSPS) is 19.6. The Labute approximate surface area is 125 Å². The van der Waals surface area contributed by atoms with Gasteiger partial charge in [0, 0.05) is 4.47 Å². The molecule has 1 atom stereocenters. The molecule has 0 aliphatic carbocycles. The lowest BCUT2D eigenvalue weighted by atomic mass is 10.0. The van der Waals surface area contributed by atoms with Gasteiger partial charge in [-0.25, -0.2) is 4.39 Å². The van der Waals surface area contributed by atoms with Gasteiger partial charge in [0.05, 0.1) is 18.3 Å². The quantitative estimate of drug-likeness (QED) is 0.855. The van der Waals surface area contributed by atoms with E-state index in [9.17, 15) is 14.0 Å². The molecular formula is C14H16BrFN2O2. The molecule has 20 heavy (non-hydrogen) atoms. The van der Waals surface area contributed by atoms with E-state index in [0.29, 0.717) is 4.47 Å². The zero-order valence-corrected chi connectivity index (χ0v) is 12.5. The van der Waals surface area contributed by atoms with E-state index in [-0.39, 0.29) is 24.2 Å². The SMILES string of the molecule is O=CC1CCCCN1CC(=O)Nc1ccc(Br)cc1F. The summed E-state index contributed by atoms with van der Waals surface area (Å²) in [6.45, 7) is 0.832. The summed E-state index contributed by atoms with van der Waals surface area (Å²) < 4.78 is 14.2. The Bertz CT molecular complexity index is 510. The number of amides is 1. The highest BCUT2D eigenvalue weighted by Gasteiger charge is 2.23. The number of anilines is 1. The molecule has 2 rings (SSSR count). The van der Waals surface area contributed by atoms with E-state index < -0.39 is 5.82 Å². The van der Waals surface area contributed by atoms with Crippen molar-refractivity contribution in [3.05, 3.63) is 28.5 Å². The number of nitrogens with zero attached hydrogens (tertiary/aromatic N) is 1. The molecule has 1 fully saturated rings. The van der Waals surface area contributed by atoms with Gasteiger partial charge in [-0.2, -0.15) is 0 Å². The lowest BCUT2D eigenvalue weighted by Gasteiger charge is -2.31. The molecule has 1 saturated heterocycles. The maximum absolute atomic E-state index is 13.6. The highest BCUT2D eigenvalue weighted by atomic mass is 79.9. The van der Waals surface area contributed by atoms with E-state index in [2.05, 4.69) is 21.2 Å². The molecule has 6 heteroatoms. The summed E-state index contributed by atoms with van der Waals surface area (Å²) in [5.41, 5.74) is 0.151. The number of rotatable bonds is 4. The zero-order valence-electron chi connectivity index (χ0n) is 10.9. The van der Waals surface area contributed by atoms with Crippen molar-refractivity contribution in [1.29, 1.82) is 0 Å². The molecule has 0 aromatic heterocycles. The number of benzene rings is 1. The number of carbonyl (C=O) groups is 2. The van der Waals surface area contributed by atoms with Crippen LogP contribution in [0.25, 0.3) is 0 Å². The van der Waals surface area contributed by atoms with Crippen LogP contribution in [0, 0.1) is 5.82 Å². The van der Waals surface area contributed by atoms with Crippen LogP contribution in [0.4, 0.5) is 10.1 Å². The Balaban J connectivity index is 1.96. The fraction of sp³-hybridized carbons (Fsp3) is 0.429. The summed E-state index contributed by atoms with van der Waals surface area (Å²) in [7, 11) is 0. The molecule has 0 radical (unpaired) electrons. The van der Waals surface area contributed by atoms with Crippen LogP contribution in [0.5, 0.6) is 0 Å². The van der Waals surface area contributed by atoms with Crippen molar-refractivity contribution in [3.8, 4) is 0 Å². The van der Waals surface area contributed by atoms with E-state index in [1.54, 1.807) is 6.07 Å². The van der Waals surface area contributed by atoms with E-state index >= 15 is 0 Å². The number of hydrogen-bond donors (Lipinski definition) is 1. The molecule has 1 aliphatic rings. The molecule has 1 aliphatic heterocycles. The number of halogens is 2. The standard InChI is InChI=1S/C14H16BrFN2O2/c15-10-4-5-13(12(16)7-10)17-14(20)8-18-6-2-1-3-11(18)9-19/h4-5,7,9,11H,1-3,6,8H2,(H,17,20). The molecule has 4 nitrogen and oxygen atoms in total. The first-order chi connectivity index (χ1) is 9.60. The third-order valence-electron chi connectivity index (χ3n) is 3.37. The van der Waals surface area contributed by atoms with Gasteiger partial charge in [-0.3, -0.25) is 9.69 Å². The van der Waals surface area contributed by atoms with Crippen molar-refractivity contribution < 1.29 is 14.0 Å². The van der Waals surface area contributed by atoms with Crippen LogP contribution in [0.1, 0.15) is 19.3 Å². The van der Waals surface area contributed by atoms with Gasteiger partial charge in [-0.1, -0.05) is 22.4 Å². The van der Waals surface area contributed by atoms with Crippen molar-refractivity contribution in [2.75, 3.05) is 18.4 Å². The third-order valence-corrected chi connectivity index (χ3v) is 3.87. The molecule has 1 aromatic carbocycles. The van der Waals surface area contributed by atoms with Gasteiger partial charge in [-0.05, 0) is 37.6 Å². The molecular weight excluding hydrogens is 327 g/mol. The lowest BCUT2D eigenvalue weighted by Crippen LogP contribution is -2.44. The lowest BCUT2D eigenvalue weighted by molar-refractivity contribution is -0.120. The number of carbonyl (C=O) groups excluding carboxylic acids is 2. The van der Waals surface area contributed by atoms with Crippen molar-refractivity contribution in [2.45, 2.75) is 25.3 Å².